The van der Waals surface area contributed by atoms with Gasteiger partial charge in [-0.2, -0.15) is 4.98 Å². The molecule has 0 fully saturated rings. The second-order valence-corrected chi connectivity index (χ2v) is 3.82. The van der Waals surface area contributed by atoms with Crippen molar-refractivity contribution < 1.29 is 22.8 Å². The minimum absolute atomic E-state index is 0.0115. The van der Waals surface area contributed by atoms with Crippen molar-refractivity contribution in [2.24, 2.45) is 5.73 Å². The van der Waals surface area contributed by atoms with Crippen molar-refractivity contribution in [1.29, 1.82) is 0 Å². The predicted molar refractivity (Wildman–Crippen MR) is 62.6 cm³/mol. The number of hydrogen-bond donors (Lipinski definition) is 1. The smallest absolute Gasteiger partial charge is 0.397 e. The molecule has 0 radical (unpaired) electrons. The Bertz CT molecular complexity index is 630. The van der Waals surface area contributed by atoms with Gasteiger partial charge in [0, 0.05) is 11.6 Å². The Morgan fingerprint density at radius 3 is 2.90 bits per heavy atom. The Labute approximate surface area is 112 Å². The molecule has 0 aliphatic rings. The summed E-state index contributed by atoms with van der Waals surface area (Å²) in [7, 11) is 0. The average Bonchev–Trinajstić information content (AvgIpc) is 2.88. The molecule has 0 saturated carbocycles. The van der Waals surface area contributed by atoms with Gasteiger partial charge in [-0.1, -0.05) is 11.2 Å². The lowest BCUT2D eigenvalue weighted by molar-refractivity contribution is 0.0470. The summed E-state index contributed by atoms with van der Waals surface area (Å²) in [5.74, 6) is -2.82. The van der Waals surface area contributed by atoms with Crippen molar-refractivity contribution in [2.45, 2.75) is 13.0 Å². The predicted octanol–water partition coefficient (Wildman–Crippen LogP) is 1.57. The number of hydrogen-bond acceptors (Lipinski definition) is 6. The van der Waals surface area contributed by atoms with Crippen LogP contribution in [0.2, 0.25) is 0 Å². The molecule has 106 valence electrons. The van der Waals surface area contributed by atoms with E-state index in [-0.39, 0.29) is 23.9 Å². The second kappa shape index (κ2) is 5.74. The fourth-order valence-electron chi connectivity index (χ4n) is 1.53. The molecule has 1 atom stereocenters. The third kappa shape index (κ3) is 2.80. The molecule has 2 N–H and O–H groups in total. The van der Waals surface area contributed by atoms with Crippen molar-refractivity contribution in [3.8, 4) is 0 Å². The topological polar surface area (TPSA) is 91.2 Å². The molecule has 0 aliphatic heterocycles. The minimum atomic E-state index is -1.08. The summed E-state index contributed by atoms with van der Waals surface area (Å²) < 4.78 is 35.7. The lowest BCUT2D eigenvalue weighted by atomic mass is 10.1. The van der Waals surface area contributed by atoms with E-state index in [0.29, 0.717) is 6.07 Å². The lowest BCUT2D eigenvalue weighted by Gasteiger charge is -2.08. The van der Waals surface area contributed by atoms with Crippen LogP contribution in [0, 0.1) is 11.6 Å². The van der Waals surface area contributed by atoms with Crippen LogP contribution < -0.4 is 5.73 Å². The van der Waals surface area contributed by atoms with Gasteiger partial charge in [0.05, 0.1) is 12.6 Å². The van der Waals surface area contributed by atoms with Crippen LogP contribution >= 0.6 is 0 Å². The highest BCUT2D eigenvalue weighted by atomic mass is 19.1. The zero-order chi connectivity index (χ0) is 14.7. The van der Waals surface area contributed by atoms with Crippen LogP contribution in [0.3, 0.4) is 0 Å². The van der Waals surface area contributed by atoms with Gasteiger partial charge < -0.3 is 15.0 Å². The molecular formula is C12H11F2N3O3. The molecule has 2 rings (SSSR count). The number of carbonyl (C=O) groups is 1. The molecule has 0 bridgehead atoms. The number of aromatic nitrogens is 2. The molecule has 0 amide bonds. The number of nitrogens with zero attached hydrogens (tertiary/aromatic N) is 2. The molecule has 8 heteroatoms. The number of halogens is 2. The van der Waals surface area contributed by atoms with Gasteiger partial charge in [-0.3, -0.25) is 0 Å². The van der Waals surface area contributed by atoms with Crippen LogP contribution in [0.4, 0.5) is 8.78 Å². The molecular weight excluding hydrogens is 272 g/mol. The Kier molecular flexibility index (Phi) is 4.04. The Hall–Kier alpha value is -2.35. The van der Waals surface area contributed by atoms with E-state index >= 15 is 0 Å². The van der Waals surface area contributed by atoms with Crippen LogP contribution in [0.5, 0.6) is 0 Å². The van der Waals surface area contributed by atoms with Crippen molar-refractivity contribution in [2.75, 3.05) is 6.61 Å². The maximum Gasteiger partial charge on any atom is 0.397 e. The van der Waals surface area contributed by atoms with Crippen LogP contribution in [-0.2, 0) is 4.74 Å². The number of ether oxygens (including phenoxy) is 1. The van der Waals surface area contributed by atoms with Gasteiger partial charge in [0.1, 0.15) is 11.6 Å². The number of esters is 1. The number of carbonyl (C=O) groups excluding carboxylic acids is 1. The van der Waals surface area contributed by atoms with Gasteiger partial charge in [-0.25, -0.2) is 13.6 Å². The number of nitrogens with two attached hydrogens (primary N) is 1. The third-order valence-corrected chi connectivity index (χ3v) is 2.47. The number of benzene rings is 1. The molecule has 6 nitrogen and oxygen atoms in total. The maximum absolute atomic E-state index is 13.6. The standard InChI is InChI=1S/C12H11F2N3O3/c1-2-19-12(18)11-16-10(17-20-11)9(15)7-4-3-6(13)5-8(7)14/h3-5,9H,2,15H2,1H3. The second-order valence-electron chi connectivity index (χ2n) is 3.82. The molecule has 1 heterocycles. The van der Waals surface area contributed by atoms with Crippen LogP contribution in [-0.4, -0.2) is 22.7 Å². The third-order valence-electron chi connectivity index (χ3n) is 2.47. The van der Waals surface area contributed by atoms with Gasteiger partial charge in [0.2, 0.25) is 0 Å². The van der Waals surface area contributed by atoms with Crippen molar-refractivity contribution in [1.82, 2.24) is 10.1 Å². The first-order chi connectivity index (χ1) is 9.52. The van der Waals surface area contributed by atoms with Crippen LogP contribution in [0.15, 0.2) is 22.7 Å². The minimum Gasteiger partial charge on any atom is -0.459 e. The van der Waals surface area contributed by atoms with Gasteiger partial charge in [-0.05, 0) is 13.0 Å². The van der Waals surface area contributed by atoms with Crippen molar-refractivity contribution >= 4 is 5.97 Å². The summed E-state index contributed by atoms with van der Waals surface area (Å²) in [6.45, 7) is 1.77. The molecule has 1 aromatic carbocycles. The molecule has 1 aromatic heterocycles. The van der Waals surface area contributed by atoms with Gasteiger partial charge >= 0.3 is 11.9 Å². The summed E-state index contributed by atoms with van der Waals surface area (Å²) in [6, 6.07) is 1.85. The zero-order valence-electron chi connectivity index (χ0n) is 10.5. The van der Waals surface area contributed by atoms with Gasteiger partial charge in [0.15, 0.2) is 5.82 Å². The molecule has 0 aliphatic carbocycles. The van der Waals surface area contributed by atoms with E-state index in [1.165, 1.54) is 6.07 Å². The average molecular weight is 283 g/mol. The summed E-state index contributed by atoms with van der Waals surface area (Å²) >= 11 is 0. The summed E-state index contributed by atoms with van der Waals surface area (Å²) in [5.41, 5.74) is 5.74. The van der Waals surface area contributed by atoms with Crippen LogP contribution in [0.25, 0.3) is 0 Å². The first-order valence-electron chi connectivity index (χ1n) is 5.74. The Balaban J connectivity index is 2.25. The normalized spacial score (nSPS) is 12.2. The van der Waals surface area contributed by atoms with Gasteiger partial charge in [-0.15, -0.1) is 0 Å². The largest absolute Gasteiger partial charge is 0.459 e. The first kappa shape index (κ1) is 14.1. The van der Waals surface area contributed by atoms with E-state index in [2.05, 4.69) is 19.4 Å². The molecule has 2 aromatic rings. The highest BCUT2D eigenvalue weighted by Gasteiger charge is 2.23. The van der Waals surface area contributed by atoms with E-state index < -0.39 is 23.6 Å². The Morgan fingerprint density at radius 2 is 2.25 bits per heavy atom. The summed E-state index contributed by atoms with van der Waals surface area (Å²) in [6.07, 6.45) is 0. The molecule has 20 heavy (non-hydrogen) atoms. The van der Waals surface area contributed by atoms with Crippen LogP contribution in [0.1, 0.15) is 35.0 Å². The summed E-state index contributed by atoms with van der Waals surface area (Å²) in [5, 5.41) is 3.49. The molecule has 0 spiro atoms. The fraction of sp³-hybridized carbons (Fsp3) is 0.250. The quantitative estimate of drug-likeness (QED) is 0.856. The van der Waals surface area contributed by atoms with Crippen molar-refractivity contribution in [3.05, 3.63) is 47.1 Å². The number of rotatable bonds is 4. The van der Waals surface area contributed by atoms with Gasteiger partial charge in [0.25, 0.3) is 0 Å². The molecule has 0 saturated heterocycles. The Morgan fingerprint density at radius 1 is 1.50 bits per heavy atom. The zero-order valence-corrected chi connectivity index (χ0v) is 10.5. The van der Waals surface area contributed by atoms with E-state index in [9.17, 15) is 13.6 Å². The van der Waals surface area contributed by atoms with E-state index in [4.69, 9.17) is 5.73 Å². The highest BCUT2D eigenvalue weighted by Crippen LogP contribution is 2.21. The first-order valence-corrected chi connectivity index (χ1v) is 5.74. The summed E-state index contributed by atoms with van der Waals surface area (Å²) in [4.78, 5) is 15.1. The van der Waals surface area contributed by atoms with E-state index in [0.717, 1.165) is 6.07 Å². The van der Waals surface area contributed by atoms with E-state index in [1.807, 2.05) is 0 Å². The fourth-order valence-corrected chi connectivity index (χ4v) is 1.53. The van der Waals surface area contributed by atoms with E-state index in [1.54, 1.807) is 6.92 Å². The lowest BCUT2D eigenvalue weighted by Crippen LogP contribution is -2.16. The maximum atomic E-state index is 13.6. The SMILES string of the molecule is CCOC(=O)c1nc(C(N)c2ccc(F)cc2F)no1. The van der Waals surface area contributed by atoms with Crippen molar-refractivity contribution in [3.63, 3.8) is 0 Å². The highest BCUT2D eigenvalue weighted by molar-refractivity contribution is 5.83. The molecule has 1 unspecified atom stereocenters. The monoisotopic (exact) mass is 283 g/mol.